The van der Waals surface area contributed by atoms with E-state index in [0.717, 1.165) is 13.1 Å². The van der Waals surface area contributed by atoms with Gasteiger partial charge in [-0.05, 0) is 38.2 Å². The van der Waals surface area contributed by atoms with E-state index >= 15 is 0 Å². The minimum Gasteiger partial charge on any atom is -0.335 e. The van der Waals surface area contributed by atoms with Gasteiger partial charge in [-0.2, -0.15) is 0 Å². The first-order chi connectivity index (χ1) is 12.9. The number of amides is 2. The molecule has 1 aliphatic rings. The number of carbonyl (C=O) groups excluding carboxylic acids is 3. The van der Waals surface area contributed by atoms with Gasteiger partial charge < -0.3 is 15.1 Å². The second-order valence-electron chi connectivity index (χ2n) is 6.59. The van der Waals surface area contributed by atoms with Crippen LogP contribution < -0.4 is 5.32 Å². The fourth-order valence-electron chi connectivity index (χ4n) is 2.86. The number of anilines is 1. The van der Waals surface area contributed by atoms with Crippen molar-refractivity contribution in [1.29, 1.82) is 0 Å². The Labute approximate surface area is 158 Å². The largest absolute Gasteiger partial charge is 0.335 e. The minimum absolute atomic E-state index is 0.0796. The van der Waals surface area contributed by atoms with Gasteiger partial charge in [0.05, 0.1) is 0 Å². The molecule has 2 amide bonds. The lowest BCUT2D eigenvalue weighted by molar-refractivity contribution is 0.0658. The summed E-state index contributed by atoms with van der Waals surface area (Å²) in [5.41, 5.74) is 1.43. The molecule has 3 rings (SSSR count). The fraction of sp³-hybridized carbons (Fsp3) is 0.300. The van der Waals surface area contributed by atoms with Crippen LogP contribution >= 0.6 is 0 Å². The van der Waals surface area contributed by atoms with Crippen LogP contribution in [0.2, 0.25) is 0 Å². The average molecular weight is 366 g/mol. The zero-order valence-corrected chi connectivity index (χ0v) is 15.4. The predicted molar refractivity (Wildman–Crippen MR) is 102 cm³/mol. The maximum atomic E-state index is 12.6. The zero-order chi connectivity index (χ0) is 19.4. The van der Waals surface area contributed by atoms with E-state index in [1.165, 1.54) is 6.92 Å². The van der Waals surface area contributed by atoms with E-state index in [2.05, 4.69) is 15.2 Å². The van der Waals surface area contributed by atoms with E-state index in [9.17, 15) is 14.4 Å². The van der Waals surface area contributed by atoms with Crippen molar-refractivity contribution in [3.63, 3.8) is 0 Å². The Morgan fingerprint density at radius 3 is 2.33 bits per heavy atom. The Morgan fingerprint density at radius 2 is 1.63 bits per heavy atom. The number of aromatic nitrogens is 1. The molecule has 0 spiro atoms. The van der Waals surface area contributed by atoms with Crippen molar-refractivity contribution in [2.24, 2.45) is 0 Å². The molecule has 7 nitrogen and oxygen atoms in total. The first-order valence-electron chi connectivity index (χ1n) is 8.81. The number of nitrogens with zero attached hydrogens (tertiary/aromatic N) is 3. The molecule has 0 saturated carbocycles. The number of pyridine rings is 1. The smallest absolute Gasteiger partial charge is 0.274 e. The quantitative estimate of drug-likeness (QED) is 0.836. The van der Waals surface area contributed by atoms with E-state index in [1.807, 2.05) is 7.05 Å². The van der Waals surface area contributed by atoms with Crippen LogP contribution in [0, 0.1) is 0 Å². The van der Waals surface area contributed by atoms with Gasteiger partial charge >= 0.3 is 0 Å². The van der Waals surface area contributed by atoms with Gasteiger partial charge in [0.1, 0.15) is 11.4 Å². The van der Waals surface area contributed by atoms with Crippen molar-refractivity contribution < 1.29 is 14.4 Å². The Bertz CT molecular complexity index is 873. The number of Topliss-reactive ketones (excluding diaryl/α,β-unsaturated/α-hetero) is 1. The van der Waals surface area contributed by atoms with Crippen molar-refractivity contribution in [3.05, 3.63) is 59.4 Å². The summed E-state index contributed by atoms with van der Waals surface area (Å²) in [4.78, 5) is 44.8. The standard InChI is InChI=1S/C20H22N4O3/c1-14(25)15-5-3-6-16(13-15)21-19(26)17-7-4-8-18(22-17)20(27)24-11-9-23(2)10-12-24/h3-8,13H,9-12H2,1-2H3,(H,21,26). The topological polar surface area (TPSA) is 82.6 Å². The molecule has 140 valence electrons. The summed E-state index contributed by atoms with van der Waals surface area (Å²) in [5.74, 6) is -0.677. The molecule has 0 atom stereocenters. The van der Waals surface area contributed by atoms with Crippen molar-refractivity contribution in [1.82, 2.24) is 14.8 Å². The van der Waals surface area contributed by atoms with Gasteiger partial charge in [-0.25, -0.2) is 4.98 Å². The first kappa shape index (κ1) is 18.7. The van der Waals surface area contributed by atoms with Crippen molar-refractivity contribution in [3.8, 4) is 0 Å². The lowest BCUT2D eigenvalue weighted by Gasteiger charge is -2.32. The number of hydrogen-bond donors (Lipinski definition) is 1. The van der Waals surface area contributed by atoms with Crippen molar-refractivity contribution >= 4 is 23.3 Å². The van der Waals surface area contributed by atoms with Crippen molar-refractivity contribution in [2.45, 2.75) is 6.92 Å². The molecular formula is C20H22N4O3. The molecule has 2 aromatic rings. The molecule has 27 heavy (non-hydrogen) atoms. The highest BCUT2D eigenvalue weighted by Crippen LogP contribution is 2.13. The Morgan fingerprint density at radius 1 is 0.963 bits per heavy atom. The molecule has 1 aliphatic heterocycles. The zero-order valence-electron chi connectivity index (χ0n) is 15.4. The summed E-state index contributed by atoms with van der Waals surface area (Å²) in [6, 6.07) is 11.5. The summed E-state index contributed by atoms with van der Waals surface area (Å²) in [7, 11) is 2.02. The SMILES string of the molecule is CC(=O)c1cccc(NC(=O)c2cccc(C(=O)N3CCN(C)CC3)n2)c1. The summed E-state index contributed by atoms with van der Waals surface area (Å²) >= 11 is 0. The van der Waals surface area contributed by atoms with E-state index < -0.39 is 5.91 Å². The van der Waals surface area contributed by atoms with Gasteiger partial charge in [-0.15, -0.1) is 0 Å². The maximum Gasteiger partial charge on any atom is 0.274 e. The van der Waals surface area contributed by atoms with E-state index in [1.54, 1.807) is 47.4 Å². The van der Waals surface area contributed by atoms with Gasteiger partial charge in [0.15, 0.2) is 5.78 Å². The Balaban J connectivity index is 1.73. The lowest BCUT2D eigenvalue weighted by atomic mass is 10.1. The van der Waals surface area contributed by atoms with Crippen LogP contribution in [0.4, 0.5) is 5.69 Å². The van der Waals surface area contributed by atoms with Crippen LogP contribution in [0.15, 0.2) is 42.5 Å². The second-order valence-corrected chi connectivity index (χ2v) is 6.59. The van der Waals surface area contributed by atoms with E-state index in [0.29, 0.717) is 24.3 Å². The molecule has 1 saturated heterocycles. The Kier molecular flexibility index (Phi) is 5.61. The van der Waals surface area contributed by atoms with Gasteiger partial charge in [0.2, 0.25) is 0 Å². The molecular weight excluding hydrogens is 344 g/mol. The number of likely N-dealkylation sites (N-methyl/N-ethyl adjacent to an activating group) is 1. The predicted octanol–water partition coefficient (Wildman–Crippen LogP) is 1.92. The van der Waals surface area contributed by atoms with Crippen LogP contribution in [-0.2, 0) is 0 Å². The Hall–Kier alpha value is -3.06. The number of rotatable bonds is 4. The average Bonchev–Trinajstić information content (AvgIpc) is 2.68. The second kappa shape index (κ2) is 8.09. The third-order valence-electron chi connectivity index (χ3n) is 4.52. The third-order valence-corrected chi connectivity index (χ3v) is 4.52. The fourth-order valence-corrected chi connectivity index (χ4v) is 2.86. The molecule has 1 aromatic heterocycles. The molecule has 1 fully saturated rings. The number of hydrogen-bond acceptors (Lipinski definition) is 5. The van der Waals surface area contributed by atoms with Crippen molar-refractivity contribution in [2.75, 3.05) is 38.5 Å². The highest BCUT2D eigenvalue weighted by atomic mass is 16.2. The number of nitrogens with one attached hydrogen (secondary N) is 1. The molecule has 0 unspecified atom stereocenters. The van der Waals surface area contributed by atoms with E-state index in [-0.39, 0.29) is 23.1 Å². The van der Waals surface area contributed by atoms with Crippen LogP contribution in [0.5, 0.6) is 0 Å². The van der Waals surface area contributed by atoms with Crippen LogP contribution in [0.3, 0.4) is 0 Å². The molecule has 1 aromatic carbocycles. The number of carbonyl (C=O) groups is 3. The highest BCUT2D eigenvalue weighted by Gasteiger charge is 2.22. The van der Waals surface area contributed by atoms with Crippen LogP contribution in [0.25, 0.3) is 0 Å². The van der Waals surface area contributed by atoms with Gasteiger partial charge in [0, 0.05) is 37.4 Å². The number of ketones is 1. The normalized spacial score (nSPS) is 14.7. The number of piperazine rings is 1. The van der Waals surface area contributed by atoms with E-state index in [4.69, 9.17) is 0 Å². The monoisotopic (exact) mass is 366 g/mol. The third kappa shape index (κ3) is 4.57. The summed E-state index contributed by atoms with van der Waals surface area (Å²) in [5, 5.41) is 2.72. The molecule has 1 N–H and O–H groups in total. The van der Waals surface area contributed by atoms with Gasteiger partial charge in [-0.3, -0.25) is 14.4 Å². The molecule has 0 bridgehead atoms. The first-order valence-corrected chi connectivity index (χ1v) is 8.81. The molecule has 0 radical (unpaired) electrons. The van der Waals surface area contributed by atoms with Gasteiger partial charge in [0.25, 0.3) is 11.8 Å². The summed E-state index contributed by atoms with van der Waals surface area (Å²) < 4.78 is 0. The highest BCUT2D eigenvalue weighted by molar-refractivity contribution is 6.04. The number of benzene rings is 1. The van der Waals surface area contributed by atoms with Gasteiger partial charge in [-0.1, -0.05) is 18.2 Å². The minimum atomic E-state index is -0.427. The summed E-state index contributed by atoms with van der Waals surface area (Å²) in [6.07, 6.45) is 0. The van der Waals surface area contributed by atoms with Crippen LogP contribution in [0.1, 0.15) is 38.3 Å². The molecule has 2 heterocycles. The lowest BCUT2D eigenvalue weighted by Crippen LogP contribution is -2.47. The molecule has 0 aliphatic carbocycles. The maximum absolute atomic E-state index is 12.6. The molecule has 7 heteroatoms. The summed E-state index contributed by atoms with van der Waals surface area (Å²) in [6.45, 7) is 4.39. The van der Waals surface area contributed by atoms with Crippen LogP contribution in [-0.4, -0.2) is 65.6 Å².